The van der Waals surface area contributed by atoms with E-state index in [1.54, 1.807) is 0 Å². The highest BCUT2D eigenvalue weighted by Gasteiger charge is 1.93. The summed E-state index contributed by atoms with van der Waals surface area (Å²) in [6.07, 6.45) is 2.42. The molecular formula is C6H11N5. The number of aromatic nitrogens is 3. The zero-order chi connectivity index (χ0) is 8.10. The molecular weight excluding hydrogens is 142 g/mol. The minimum Gasteiger partial charge on any atom is -0.368 e. The van der Waals surface area contributed by atoms with E-state index < -0.39 is 0 Å². The number of nitrogen functional groups attached to an aromatic ring is 1. The van der Waals surface area contributed by atoms with Crippen molar-refractivity contribution in [3.8, 4) is 0 Å². The van der Waals surface area contributed by atoms with Crippen molar-refractivity contribution in [2.45, 2.75) is 13.3 Å². The fourth-order valence-corrected chi connectivity index (χ4v) is 0.631. The Morgan fingerprint density at radius 1 is 1.55 bits per heavy atom. The smallest absolute Gasteiger partial charge is 0.227 e. The number of rotatable bonds is 3. The molecule has 0 radical (unpaired) electrons. The molecule has 1 heterocycles. The normalized spacial score (nSPS) is 9.55. The lowest BCUT2D eigenvalue weighted by Crippen LogP contribution is -2.06. The standard InChI is InChI=1S/C6H11N5/c1-2-3-8-6-10-4-9-5(7)11-6/h4H,2-3H2,1H3,(H3,7,8,9,10,11). The Kier molecular flexibility index (Phi) is 2.59. The van der Waals surface area contributed by atoms with Crippen LogP contribution in [-0.2, 0) is 0 Å². The molecule has 0 atom stereocenters. The molecule has 5 nitrogen and oxygen atoms in total. The Hall–Kier alpha value is -1.39. The topological polar surface area (TPSA) is 76.7 Å². The SMILES string of the molecule is CCCNc1ncnc(N)n1. The summed E-state index contributed by atoms with van der Waals surface area (Å²) in [7, 11) is 0. The van der Waals surface area contributed by atoms with Gasteiger partial charge >= 0.3 is 0 Å². The molecule has 0 aromatic carbocycles. The third-order valence-electron chi connectivity index (χ3n) is 1.12. The van der Waals surface area contributed by atoms with Gasteiger partial charge in [-0.3, -0.25) is 0 Å². The van der Waals surface area contributed by atoms with Gasteiger partial charge in [0.15, 0.2) is 0 Å². The number of hydrogen-bond donors (Lipinski definition) is 2. The first-order chi connectivity index (χ1) is 5.33. The second-order valence-electron chi connectivity index (χ2n) is 2.09. The predicted molar refractivity (Wildman–Crippen MR) is 43.0 cm³/mol. The summed E-state index contributed by atoms with van der Waals surface area (Å²) >= 11 is 0. The number of nitrogens with two attached hydrogens (primary N) is 1. The summed E-state index contributed by atoms with van der Waals surface area (Å²) in [5.74, 6) is 0.790. The van der Waals surface area contributed by atoms with Crippen molar-refractivity contribution in [3.05, 3.63) is 6.33 Å². The van der Waals surface area contributed by atoms with Gasteiger partial charge < -0.3 is 11.1 Å². The Balaban J connectivity index is 2.56. The zero-order valence-corrected chi connectivity index (χ0v) is 6.41. The summed E-state index contributed by atoms with van der Waals surface area (Å²) in [6.45, 7) is 2.92. The maximum absolute atomic E-state index is 5.33. The van der Waals surface area contributed by atoms with Crippen LogP contribution in [0.3, 0.4) is 0 Å². The molecule has 0 spiro atoms. The van der Waals surface area contributed by atoms with E-state index in [1.165, 1.54) is 6.33 Å². The van der Waals surface area contributed by atoms with E-state index in [1.807, 2.05) is 0 Å². The van der Waals surface area contributed by atoms with E-state index in [0.29, 0.717) is 5.95 Å². The molecule has 1 rings (SSSR count). The molecule has 5 heteroatoms. The number of nitrogens with zero attached hydrogens (tertiary/aromatic N) is 3. The van der Waals surface area contributed by atoms with Gasteiger partial charge in [0.2, 0.25) is 11.9 Å². The molecule has 0 aliphatic carbocycles. The van der Waals surface area contributed by atoms with Crippen LogP contribution in [0.1, 0.15) is 13.3 Å². The monoisotopic (exact) mass is 153 g/mol. The molecule has 0 bridgehead atoms. The lowest BCUT2D eigenvalue weighted by atomic mass is 10.5. The number of nitrogens with one attached hydrogen (secondary N) is 1. The molecule has 0 aliphatic rings. The molecule has 0 saturated heterocycles. The van der Waals surface area contributed by atoms with Gasteiger partial charge in [0.1, 0.15) is 6.33 Å². The molecule has 11 heavy (non-hydrogen) atoms. The van der Waals surface area contributed by atoms with E-state index in [2.05, 4.69) is 27.2 Å². The van der Waals surface area contributed by atoms with Crippen molar-refractivity contribution < 1.29 is 0 Å². The van der Waals surface area contributed by atoms with Gasteiger partial charge in [-0.25, -0.2) is 9.97 Å². The summed E-state index contributed by atoms with van der Waals surface area (Å²) in [5, 5.41) is 2.99. The zero-order valence-electron chi connectivity index (χ0n) is 6.41. The van der Waals surface area contributed by atoms with Crippen molar-refractivity contribution >= 4 is 11.9 Å². The molecule has 60 valence electrons. The average molecular weight is 153 g/mol. The highest BCUT2D eigenvalue weighted by Crippen LogP contribution is 1.96. The Bertz CT molecular complexity index is 224. The van der Waals surface area contributed by atoms with Crippen LogP contribution in [0.4, 0.5) is 11.9 Å². The Morgan fingerprint density at radius 3 is 3.00 bits per heavy atom. The van der Waals surface area contributed by atoms with Crippen LogP contribution in [-0.4, -0.2) is 21.5 Å². The van der Waals surface area contributed by atoms with Crippen LogP contribution in [0.15, 0.2) is 6.33 Å². The summed E-state index contributed by atoms with van der Waals surface area (Å²) in [4.78, 5) is 11.4. The van der Waals surface area contributed by atoms with E-state index >= 15 is 0 Å². The predicted octanol–water partition coefficient (Wildman–Crippen LogP) is 0.276. The average Bonchev–Trinajstić information content (AvgIpc) is 2.01. The van der Waals surface area contributed by atoms with E-state index in [-0.39, 0.29) is 5.95 Å². The second kappa shape index (κ2) is 3.70. The first kappa shape index (κ1) is 7.71. The maximum atomic E-state index is 5.33. The second-order valence-corrected chi connectivity index (χ2v) is 2.09. The largest absolute Gasteiger partial charge is 0.368 e. The third kappa shape index (κ3) is 2.37. The molecule has 0 saturated carbocycles. The molecule has 0 unspecified atom stereocenters. The van der Waals surface area contributed by atoms with Gasteiger partial charge in [-0.05, 0) is 6.42 Å². The minimum absolute atomic E-state index is 0.249. The summed E-state index contributed by atoms with van der Waals surface area (Å²) in [5.41, 5.74) is 5.33. The first-order valence-corrected chi connectivity index (χ1v) is 3.51. The fourth-order valence-electron chi connectivity index (χ4n) is 0.631. The Labute approximate surface area is 65.1 Å². The van der Waals surface area contributed by atoms with Crippen LogP contribution >= 0.6 is 0 Å². The molecule has 3 N–H and O–H groups in total. The van der Waals surface area contributed by atoms with Crippen molar-refractivity contribution in [3.63, 3.8) is 0 Å². The summed E-state index contributed by atoms with van der Waals surface area (Å²) < 4.78 is 0. The molecule has 0 fully saturated rings. The van der Waals surface area contributed by atoms with Crippen LogP contribution < -0.4 is 11.1 Å². The van der Waals surface area contributed by atoms with Gasteiger partial charge in [0.25, 0.3) is 0 Å². The molecule has 0 amide bonds. The van der Waals surface area contributed by atoms with Gasteiger partial charge in [-0.2, -0.15) is 4.98 Å². The Morgan fingerprint density at radius 2 is 2.36 bits per heavy atom. The molecule has 1 aromatic heterocycles. The lowest BCUT2D eigenvalue weighted by molar-refractivity contribution is 0.942. The number of anilines is 2. The van der Waals surface area contributed by atoms with Crippen molar-refractivity contribution in [1.82, 2.24) is 15.0 Å². The third-order valence-corrected chi connectivity index (χ3v) is 1.12. The van der Waals surface area contributed by atoms with Crippen LogP contribution in [0, 0.1) is 0 Å². The highest BCUT2D eigenvalue weighted by molar-refractivity contribution is 5.28. The van der Waals surface area contributed by atoms with Crippen LogP contribution in [0.2, 0.25) is 0 Å². The van der Waals surface area contributed by atoms with Crippen LogP contribution in [0.5, 0.6) is 0 Å². The number of hydrogen-bond acceptors (Lipinski definition) is 5. The minimum atomic E-state index is 0.249. The molecule has 1 aromatic rings. The van der Waals surface area contributed by atoms with Gasteiger partial charge in [-0.15, -0.1) is 0 Å². The quantitative estimate of drug-likeness (QED) is 0.652. The van der Waals surface area contributed by atoms with E-state index in [4.69, 9.17) is 5.73 Å². The van der Waals surface area contributed by atoms with Gasteiger partial charge in [0.05, 0.1) is 0 Å². The van der Waals surface area contributed by atoms with Crippen molar-refractivity contribution in [2.75, 3.05) is 17.6 Å². The van der Waals surface area contributed by atoms with Crippen molar-refractivity contribution in [1.29, 1.82) is 0 Å². The molecule has 0 aliphatic heterocycles. The first-order valence-electron chi connectivity index (χ1n) is 3.51. The van der Waals surface area contributed by atoms with Crippen LogP contribution in [0.25, 0.3) is 0 Å². The van der Waals surface area contributed by atoms with E-state index in [9.17, 15) is 0 Å². The van der Waals surface area contributed by atoms with E-state index in [0.717, 1.165) is 13.0 Å². The highest BCUT2D eigenvalue weighted by atomic mass is 15.2. The lowest BCUT2D eigenvalue weighted by Gasteiger charge is -2.00. The summed E-state index contributed by atoms with van der Waals surface area (Å²) in [6, 6.07) is 0. The van der Waals surface area contributed by atoms with Gasteiger partial charge in [0, 0.05) is 6.54 Å². The van der Waals surface area contributed by atoms with Crippen molar-refractivity contribution in [2.24, 2.45) is 0 Å². The fraction of sp³-hybridized carbons (Fsp3) is 0.500. The maximum Gasteiger partial charge on any atom is 0.227 e. The van der Waals surface area contributed by atoms with Gasteiger partial charge in [-0.1, -0.05) is 6.92 Å².